The van der Waals surface area contributed by atoms with E-state index in [0.29, 0.717) is 43.8 Å². The quantitative estimate of drug-likeness (QED) is 0.397. The molecule has 1 atom stereocenters. The van der Waals surface area contributed by atoms with E-state index in [1.165, 1.54) is 0 Å². The molecule has 1 aromatic carbocycles. The summed E-state index contributed by atoms with van der Waals surface area (Å²) in [4.78, 5) is 15.9. The van der Waals surface area contributed by atoms with E-state index in [2.05, 4.69) is 30.9 Å². The van der Waals surface area contributed by atoms with Gasteiger partial charge in [0.1, 0.15) is 0 Å². The minimum atomic E-state index is -3.02. The smallest absolute Gasteiger partial charge is 0.277 e. The molecule has 1 fully saturated rings. The van der Waals surface area contributed by atoms with Crippen LogP contribution in [0.15, 0.2) is 24.3 Å². The molecule has 1 unspecified atom stereocenters. The summed E-state index contributed by atoms with van der Waals surface area (Å²) in [7, 11) is -3.02. The van der Waals surface area contributed by atoms with E-state index in [0.717, 1.165) is 0 Å². The van der Waals surface area contributed by atoms with Crippen LogP contribution < -0.4 is 5.32 Å². The van der Waals surface area contributed by atoms with Crippen molar-refractivity contribution in [3.05, 3.63) is 41.2 Å². The second kappa shape index (κ2) is 11.3. The van der Waals surface area contributed by atoms with Crippen molar-refractivity contribution in [2.24, 2.45) is 5.41 Å². The maximum Gasteiger partial charge on any atom is 0.277 e. The van der Waals surface area contributed by atoms with E-state index in [4.69, 9.17) is 11.1 Å². The van der Waals surface area contributed by atoms with Crippen LogP contribution in [0.3, 0.4) is 0 Å². The molecule has 0 aromatic heterocycles. The summed E-state index contributed by atoms with van der Waals surface area (Å²) in [6.45, 7) is 20.9. The van der Waals surface area contributed by atoms with Crippen LogP contribution in [0, 0.1) is 12.0 Å². The van der Waals surface area contributed by atoms with Gasteiger partial charge >= 0.3 is 0 Å². The first-order valence-corrected chi connectivity index (χ1v) is 11.7. The number of carbonyl (C=O) groups excluding carboxylic acids is 1. The van der Waals surface area contributed by atoms with Crippen molar-refractivity contribution in [1.82, 2.24) is 9.99 Å². The largest absolute Gasteiger partial charge is 0.349 e. The Balaban J connectivity index is 0.00000450. The molecule has 6 nitrogen and oxygen atoms in total. The third-order valence-corrected chi connectivity index (χ3v) is 8.26. The number of amides is 1. The summed E-state index contributed by atoms with van der Waals surface area (Å²) >= 11 is 0. The van der Waals surface area contributed by atoms with Crippen LogP contribution in [-0.2, 0) is 9.09 Å². The highest BCUT2D eigenvalue weighted by Gasteiger charge is 2.45. The molecule has 1 saturated heterocycles. The molecule has 176 valence electrons. The topological polar surface area (TPSA) is 63.0 Å². The average molecular weight is 452 g/mol. The summed E-state index contributed by atoms with van der Waals surface area (Å²) in [6.07, 6.45) is 1.43. The number of carbonyl (C=O) groups is 1. The van der Waals surface area contributed by atoms with Gasteiger partial charge in [-0.3, -0.25) is 9.36 Å². The van der Waals surface area contributed by atoms with Crippen molar-refractivity contribution in [2.45, 2.75) is 80.4 Å². The van der Waals surface area contributed by atoms with Crippen LogP contribution >= 0.6 is 7.52 Å². The van der Waals surface area contributed by atoms with E-state index >= 15 is 0 Å². The lowest BCUT2D eigenvalue weighted by atomic mass is 9.99. The van der Waals surface area contributed by atoms with Gasteiger partial charge in [0.15, 0.2) is 5.69 Å². The van der Waals surface area contributed by atoms with Gasteiger partial charge in [0, 0.05) is 24.7 Å². The van der Waals surface area contributed by atoms with Gasteiger partial charge in [-0.25, -0.2) is 9.52 Å². The first-order valence-electron chi connectivity index (χ1n) is 10.1. The van der Waals surface area contributed by atoms with E-state index in [9.17, 15) is 9.36 Å². The first-order chi connectivity index (χ1) is 13.4. The Kier molecular flexibility index (Phi) is 10.7. The lowest BCUT2D eigenvalue weighted by Gasteiger charge is -2.43. The monoisotopic (exact) mass is 451 g/mol. The Morgan fingerprint density at radius 2 is 1.77 bits per heavy atom. The summed E-state index contributed by atoms with van der Waals surface area (Å²) in [5.74, 6) is -0.170. The van der Waals surface area contributed by atoms with Gasteiger partial charge in [-0.1, -0.05) is 53.8 Å². The van der Waals surface area contributed by atoms with Crippen LogP contribution in [-0.4, -0.2) is 41.5 Å². The summed E-state index contributed by atoms with van der Waals surface area (Å²) in [6, 6.07) is 6.74. The maximum absolute atomic E-state index is 13.8. The summed E-state index contributed by atoms with van der Waals surface area (Å²) < 4.78 is 21.9. The Bertz CT molecular complexity index is 811. The second-order valence-corrected chi connectivity index (χ2v) is 13.1. The Hall–Kier alpha value is -1.67. The van der Waals surface area contributed by atoms with E-state index < -0.39 is 12.7 Å². The highest BCUT2D eigenvalue weighted by Crippen LogP contribution is 2.62. The standard InChI is InChI=1S/C22H34N3O3P.2CH4/c1-21(2,3)16-28-29(27,22(4,5)6)25-13-11-18(12-14-25)24-20(26)17-9-8-10-19(15-17)23-7;;/h8-10,15,18H,11-14,16H2,1-6H3,(H,24,26);2*1H4. The van der Waals surface area contributed by atoms with Gasteiger partial charge in [0.25, 0.3) is 7.52 Å². The number of hydrogen-bond acceptors (Lipinski definition) is 3. The summed E-state index contributed by atoms with van der Waals surface area (Å²) in [5.41, 5.74) is 0.886. The molecule has 1 aliphatic rings. The van der Waals surface area contributed by atoms with E-state index in [1.54, 1.807) is 24.3 Å². The van der Waals surface area contributed by atoms with Crippen molar-refractivity contribution < 1.29 is 13.9 Å². The van der Waals surface area contributed by atoms with Crippen LogP contribution in [0.1, 0.15) is 79.6 Å². The Morgan fingerprint density at radius 3 is 2.26 bits per heavy atom. The zero-order valence-corrected chi connectivity index (χ0v) is 19.4. The molecular formula is C24H42N3O3P. The molecular weight excluding hydrogens is 409 g/mol. The van der Waals surface area contributed by atoms with Crippen LogP contribution in [0.25, 0.3) is 4.85 Å². The van der Waals surface area contributed by atoms with Crippen LogP contribution in [0.2, 0.25) is 0 Å². The predicted molar refractivity (Wildman–Crippen MR) is 131 cm³/mol. The first kappa shape index (κ1) is 29.3. The van der Waals surface area contributed by atoms with Crippen molar-refractivity contribution in [1.29, 1.82) is 0 Å². The number of hydrogen-bond donors (Lipinski definition) is 1. The number of piperidine rings is 1. The number of nitrogens with one attached hydrogen (secondary N) is 1. The number of benzene rings is 1. The minimum absolute atomic E-state index is 0. The van der Waals surface area contributed by atoms with Crippen LogP contribution in [0.4, 0.5) is 5.69 Å². The molecule has 1 amide bonds. The fourth-order valence-electron chi connectivity index (χ4n) is 3.24. The second-order valence-electron chi connectivity index (χ2n) is 9.89. The van der Waals surface area contributed by atoms with Gasteiger partial charge in [-0.15, -0.1) is 0 Å². The van der Waals surface area contributed by atoms with Crippen molar-refractivity contribution in [2.75, 3.05) is 19.7 Å². The lowest BCUT2D eigenvalue weighted by molar-refractivity contribution is 0.0919. The molecule has 1 aromatic rings. The van der Waals surface area contributed by atoms with E-state index in [-0.39, 0.29) is 32.2 Å². The van der Waals surface area contributed by atoms with Gasteiger partial charge in [-0.05, 0) is 45.1 Å². The molecule has 1 N–H and O–H groups in total. The third-order valence-electron chi connectivity index (χ3n) is 4.94. The third kappa shape index (κ3) is 7.75. The zero-order chi connectivity index (χ0) is 21.9. The van der Waals surface area contributed by atoms with Crippen molar-refractivity contribution in [3.63, 3.8) is 0 Å². The highest BCUT2D eigenvalue weighted by molar-refractivity contribution is 7.58. The normalized spacial score (nSPS) is 17.5. The fraction of sp³-hybridized carbons (Fsp3) is 0.667. The minimum Gasteiger partial charge on any atom is -0.349 e. The molecule has 0 aliphatic carbocycles. The molecule has 1 heterocycles. The number of rotatable bonds is 5. The predicted octanol–water partition coefficient (Wildman–Crippen LogP) is 6.76. The van der Waals surface area contributed by atoms with Gasteiger partial charge in [-0.2, -0.15) is 0 Å². The van der Waals surface area contributed by atoms with Crippen LogP contribution in [0.5, 0.6) is 0 Å². The molecule has 0 radical (unpaired) electrons. The molecule has 7 heteroatoms. The average Bonchev–Trinajstić information content (AvgIpc) is 2.65. The fourth-order valence-corrected chi connectivity index (χ4v) is 5.96. The zero-order valence-electron chi connectivity index (χ0n) is 18.5. The van der Waals surface area contributed by atoms with Gasteiger partial charge < -0.3 is 9.84 Å². The van der Waals surface area contributed by atoms with Crippen molar-refractivity contribution in [3.8, 4) is 0 Å². The van der Waals surface area contributed by atoms with Gasteiger partial charge in [0.05, 0.1) is 18.3 Å². The molecule has 1 aliphatic heterocycles. The SMILES string of the molecule is C.C.[C-]#[N+]c1cccc(C(=O)NC2CCN(P(=O)(OCC(C)(C)C)C(C)(C)C)CC2)c1. The molecule has 0 bridgehead atoms. The molecule has 2 rings (SSSR count). The molecule has 0 saturated carbocycles. The summed E-state index contributed by atoms with van der Waals surface area (Å²) in [5, 5.41) is 2.58. The van der Waals surface area contributed by atoms with Crippen molar-refractivity contribution >= 4 is 19.1 Å². The highest BCUT2D eigenvalue weighted by atomic mass is 31.2. The lowest BCUT2D eigenvalue weighted by Crippen LogP contribution is -2.45. The van der Waals surface area contributed by atoms with Gasteiger partial charge in [0.2, 0.25) is 5.91 Å². The Morgan fingerprint density at radius 1 is 1.19 bits per heavy atom. The van der Waals surface area contributed by atoms with E-state index in [1.807, 2.05) is 25.4 Å². The maximum atomic E-state index is 13.8. The molecule has 0 spiro atoms. The Labute approximate surface area is 190 Å². The number of nitrogens with zero attached hydrogens (tertiary/aromatic N) is 2. The molecule has 31 heavy (non-hydrogen) atoms.